The molecule has 24 heavy (non-hydrogen) atoms. The van der Waals surface area contributed by atoms with Gasteiger partial charge in [0.05, 0.1) is 26.9 Å². The smallest absolute Gasteiger partial charge is 0.467 e. The van der Waals surface area contributed by atoms with Crippen LogP contribution in [-0.4, -0.2) is 71.8 Å². The number of hydrogen-bond donors (Lipinski definition) is 4. The van der Waals surface area contributed by atoms with Crippen molar-refractivity contribution in [3.63, 3.8) is 0 Å². The lowest BCUT2D eigenvalue weighted by Crippen LogP contribution is -2.46. The number of carbonyl (C=O) groups is 2. The lowest BCUT2D eigenvalue weighted by atomic mass is 10.2. The minimum absolute atomic E-state index is 0.660. The lowest BCUT2D eigenvalue weighted by Gasteiger charge is -2.23. The highest BCUT2D eigenvalue weighted by atomic mass is 31.2. The molecule has 0 spiro atoms. The highest BCUT2D eigenvalue weighted by molar-refractivity contribution is 7.47. The first-order valence-electron chi connectivity index (χ1n) is 6.88. The average Bonchev–Trinajstić information content (AvgIpc) is 2.46. The van der Waals surface area contributed by atoms with Crippen LogP contribution in [-0.2, 0) is 27.9 Å². The predicted octanol–water partition coefficient (Wildman–Crippen LogP) is -0.461. The Morgan fingerprint density at radius 2 is 1.75 bits per heavy atom. The minimum atomic E-state index is -4.62. The topological polar surface area (TPSA) is 161 Å². The van der Waals surface area contributed by atoms with E-state index in [9.17, 15) is 19.0 Å². The summed E-state index contributed by atoms with van der Waals surface area (Å²) in [4.78, 5) is 32.6. The van der Waals surface area contributed by atoms with Crippen LogP contribution in [0.4, 0.5) is 4.79 Å². The number of carbonyl (C=O) groups excluding carboxylic acids is 2. The third kappa shape index (κ3) is 10.5. The van der Waals surface area contributed by atoms with Crippen LogP contribution < -0.4 is 5.32 Å². The molecular weight excluding hydrogens is 349 g/mol. The molecule has 0 aliphatic rings. The van der Waals surface area contributed by atoms with Crippen LogP contribution >= 0.6 is 7.82 Å². The van der Waals surface area contributed by atoms with E-state index < -0.39 is 57.5 Å². The van der Waals surface area contributed by atoms with E-state index in [1.54, 1.807) is 20.8 Å². The Morgan fingerprint density at radius 3 is 2.21 bits per heavy atom. The molecule has 0 saturated heterocycles. The van der Waals surface area contributed by atoms with Gasteiger partial charge in [0.2, 0.25) is 0 Å². The van der Waals surface area contributed by atoms with E-state index in [0.717, 1.165) is 7.11 Å². The molecule has 0 radical (unpaired) electrons. The molecule has 1 unspecified atom stereocenters. The minimum Gasteiger partial charge on any atom is -0.467 e. The molecule has 0 aromatic heterocycles. The molecule has 0 aromatic rings. The van der Waals surface area contributed by atoms with E-state index in [2.05, 4.69) is 19.1 Å². The lowest BCUT2D eigenvalue weighted by molar-refractivity contribution is -0.144. The maximum Gasteiger partial charge on any atom is 0.472 e. The first kappa shape index (κ1) is 22.8. The summed E-state index contributed by atoms with van der Waals surface area (Å²) in [5.74, 6) is -0.934. The van der Waals surface area contributed by atoms with Crippen molar-refractivity contribution >= 4 is 19.9 Å². The second-order valence-corrected chi connectivity index (χ2v) is 7.07. The fraction of sp³-hybridized carbons (Fsp3) is 0.833. The van der Waals surface area contributed by atoms with Crippen molar-refractivity contribution in [3.05, 3.63) is 0 Å². The van der Waals surface area contributed by atoms with Crippen LogP contribution in [0.15, 0.2) is 0 Å². The number of esters is 1. The Labute approximate surface area is 139 Å². The third-order valence-electron chi connectivity index (χ3n) is 2.22. The van der Waals surface area contributed by atoms with Gasteiger partial charge in [-0.3, -0.25) is 9.05 Å². The van der Waals surface area contributed by atoms with Crippen LogP contribution in [0.3, 0.4) is 0 Å². The van der Waals surface area contributed by atoms with Gasteiger partial charge >= 0.3 is 19.9 Å². The molecule has 12 heteroatoms. The number of methoxy groups -OCH3 is 1. The Kier molecular flexibility index (Phi) is 9.41. The number of rotatable bonds is 9. The van der Waals surface area contributed by atoms with Gasteiger partial charge in [0.15, 0.2) is 6.04 Å². The molecule has 0 bridgehead atoms. The number of amides is 1. The van der Waals surface area contributed by atoms with Crippen molar-refractivity contribution in [2.75, 3.05) is 26.9 Å². The van der Waals surface area contributed by atoms with Crippen molar-refractivity contribution in [3.8, 4) is 0 Å². The monoisotopic (exact) mass is 373 g/mol. The Balaban J connectivity index is 4.66. The molecule has 3 atom stereocenters. The molecule has 11 nitrogen and oxygen atoms in total. The van der Waals surface area contributed by atoms with Gasteiger partial charge in [0.1, 0.15) is 11.7 Å². The Hall–Kier alpha value is -1.23. The zero-order valence-corrected chi connectivity index (χ0v) is 14.8. The summed E-state index contributed by atoms with van der Waals surface area (Å²) in [6.07, 6.45) is -2.32. The molecular formula is C12H24NO10P. The van der Waals surface area contributed by atoms with Gasteiger partial charge in [0.25, 0.3) is 0 Å². The second-order valence-electron chi connectivity index (χ2n) is 5.62. The summed E-state index contributed by atoms with van der Waals surface area (Å²) in [7, 11) is -3.56. The van der Waals surface area contributed by atoms with Crippen molar-refractivity contribution in [1.82, 2.24) is 5.32 Å². The Bertz CT molecular complexity index is 463. The number of alkyl carbamates (subject to hydrolysis) is 1. The van der Waals surface area contributed by atoms with Crippen molar-refractivity contribution in [1.29, 1.82) is 0 Å². The predicted molar refractivity (Wildman–Crippen MR) is 80.0 cm³/mol. The zero-order valence-electron chi connectivity index (χ0n) is 13.9. The largest absolute Gasteiger partial charge is 0.472 e. The van der Waals surface area contributed by atoms with Crippen molar-refractivity contribution in [2.45, 2.75) is 38.5 Å². The van der Waals surface area contributed by atoms with Gasteiger partial charge in [0, 0.05) is 0 Å². The van der Waals surface area contributed by atoms with E-state index in [1.807, 2.05) is 0 Å². The zero-order chi connectivity index (χ0) is 19.0. The molecule has 142 valence electrons. The standard InChI is InChI=1S/C12H24NO10P/c1-12(2,3)23-11(17)13-9(10(16)20-4)7-22-24(18,19)21-6-8(15)5-14/h8-9,14-15H,5-7H2,1-4H3,(H,13,17)(H,18,19)/t8-,9-/m1/s1. The first-order valence-corrected chi connectivity index (χ1v) is 8.38. The molecule has 0 fully saturated rings. The average molecular weight is 373 g/mol. The molecule has 0 saturated carbocycles. The molecule has 0 heterocycles. The number of hydrogen-bond acceptors (Lipinski definition) is 9. The maximum atomic E-state index is 11.6. The number of nitrogens with one attached hydrogen (secondary N) is 1. The molecule has 0 aliphatic heterocycles. The molecule has 0 aromatic carbocycles. The summed E-state index contributed by atoms with van der Waals surface area (Å²) in [6.45, 7) is 2.75. The quantitative estimate of drug-likeness (QED) is 0.307. The normalized spacial score (nSPS) is 16.6. The summed E-state index contributed by atoms with van der Waals surface area (Å²) in [5, 5.41) is 19.8. The SMILES string of the molecule is COC(=O)[C@@H](COP(=O)(O)OC[C@H](O)CO)NC(=O)OC(C)(C)C. The van der Waals surface area contributed by atoms with Gasteiger partial charge in [-0.05, 0) is 20.8 Å². The van der Waals surface area contributed by atoms with Gasteiger partial charge < -0.3 is 29.9 Å². The van der Waals surface area contributed by atoms with E-state index in [-0.39, 0.29) is 0 Å². The number of phosphoric ester groups is 1. The molecule has 0 aliphatic carbocycles. The Morgan fingerprint density at radius 1 is 1.21 bits per heavy atom. The number of ether oxygens (including phenoxy) is 2. The maximum absolute atomic E-state index is 11.6. The fourth-order valence-corrected chi connectivity index (χ4v) is 1.97. The van der Waals surface area contributed by atoms with E-state index >= 15 is 0 Å². The van der Waals surface area contributed by atoms with Gasteiger partial charge in [-0.1, -0.05) is 0 Å². The van der Waals surface area contributed by atoms with E-state index in [1.165, 1.54) is 0 Å². The highest BCUT2D eigenvalue weighted by Crippen LogP contribution is 2.43. The van der Waals surface area contributed by atoms with Crippen molar-refractivity contribution < 1.29 is 47.8 Å². The molecule has 4 N–H and O–H groups in total. The van der Waals surface area contributed by atoms with Crippen LogP contribution in [0.25, 0.3) is 0 Å². The van der Waals surface area contributed by atoms with Gasteiger partial charge in [-0.25, -0.2) is 14.2 Å². The summed E-state index contributed by atoms with van der Waals surface area (Å²) in [5.41, 5.74) is -0.818. The van der Waals surface area contributed by atoms with Crippen LogP contribution in [0, 0.1) is 0 Å². The third-order valence-corrected chi connectivity index (χ3v) is 3.17. The summed E-state index contributed by atoms with van der Waals surface area (Å²) < 4.78 is 30.0. The molecule has 1 amide bonds. The first-order chi connectivity index (χ1) is 10.9. The summed E-state index contributed by atoms with van der Waals surface area (Å²) >= 11 is 0. The number of phosphoric acid groups is 1. The highest BCUT2D eigenvalue weighted by Gasteiger charge is 2.30. The van der Waals surface area contributed by atoms with E-state index in [4.69, 9.17) is 14.9 Å². The number of aliphatic hydroxyl groups is 2. The fourth-order valence-electron chi connectivity index (χ4n) is 1.20. The van der Waals surface area contributed by atoms with Gasteiger partial charge in [-0.2, -0.15) is 0 Å². The van der Waals surface area contributed by atoms with Crippen LogP contribution in [0.1, 0.15) is 20.8 Å². The molecule has 0 rings (SSSR count). The number of aliphatic hydroxyl groups excluding tert-OH is 2. The van der Waals surface area contributed by atoms with Crippen molar-refractivity contribution in [2.24, 2.45) is 0 Å². The van der Waals surface area contributed by atoms with E-state index in [0.29, 0.717) is 0 Å². The van der Waals surface area contributed by atoms with Crippen LogP contribution in [0.5, 0.6) is 0 Å². The van der Waals surface area contributed by atoms with Gasteiger partial charge in [-0.15, -0.1) is 0 Å². The van der Waals surface area contributed by atoms with Crippen LogP contribution in [0.2, 0.25) is 0 Å². The second kappa shape index (κ2) is 9.92. The summed E-state index contributed by atoms with van der Waals surface area (Å²) in [6, 6.07) is -1.42.